The SMILES string of the molecule is COC(=O)NC1=C2C#C/C=C\C#C[C@H](OC3OC(C)C(C(=O)c4nccc5c4[nH]c4ccc(OCCN=[N+]=[N-])cc45)CC3OC3CC(OC)C(NC(C)C)CO3)C2/C(=C\CS(C)=S)[C@@H](O)CC1=O. The van der Waals surface area contributed by atoms with Crippen LogP contribution in [0.3, 0.4) is 0 Å². The van der Waals surface area contributed by atoms with Crippen LogP contribution in [0.15, 0.2) is 70.6 Å². The van der Waals surface area contributed by atoms with Crippen LogP contribution in [0.25, 0.3) is 32.2 Å². The van der Waals surface area contributed by atoms with Gasteiger partial charge in [-0.25, -0.2) is 4.79 Å². The van der Waals surface area contributed by atoms with Crippen LogP contribution in [0.5, 0.6) is 5.75 Å². The molecule has 3 aromatic rings. The van der Waals surface area contributed by atoms with E-state index in [4.69, 9.17) is 49.9 Å². The lowest BCUT2D eigenvalue weighted by molar-refractivity contribution is -0.308. The zero-order valence-corrected chi connectivity index (χ0v) is 40.2. The molecule has 2 aromatic heterocycles. The summed E-state index contributed by atoms with van der Waals surface area (Å²) in [7, 11) is 2.28. The topological polar surface area (TPSA) is 238 Å². The zero-order chi connectivity index (χ0) is 48.5. The van der Waals surface area contributed by atoms with E-state index in [1.165, 1.54) is 19.3 Å². The molecule has 2 aliphatic heterocycles. The van der Waals surface area contributed by atoms with E-state index in [1.807, 2.05) is 38.3 Å². The molecule has 2 fully saturated rings. The number of hydrogen-bond donors (Lipinski definition) is 4. The maximum absolute atomic E-state index is 14.9. The van der Waals surface area contributed by atoms with E-state index in [2.05, 4.69) is 54.3 Å². The third-order valence-corrected chi connectivity index (χ3v) is 13.1. The van der Waals surface area contributed by atoms with Crippen LogP contribution in [-0.2, 0) is 53.9 Å². The number of nitrogens with one attached hydrogen (secondary N) is 3. The number of allylic oxidation sites excluding steroid dienone is 3. The van der Waals surface area contributed by atoms with Crippen molar-refractivity contribution in [3.05, 3.63) is 81.7 Å². The second kappa shape index (κ2) is 23.2. The number of H-pyrrole nitrogens is 1. The van der Waals surface area contributed by atoms with Crippen LogP contribution in [0.4, 0.5) is 4.79 Å². The van der Waals surface area contributed by atoms with Crippen LogP contribution >= 0.6 is 0 Å². The van der Waals surface area contributed by atoms with Gasteiger partial charge in [-0.15, -0.1) is 9.45 Å². The number of ether oxygens (including phenoxy) is 7. The number of azide groups is 1. The first kappa shape index (κ1) is 50.4. The van der Waals surface area contributed by atoms with Crippen molar-refractivity contribution in [1.29, 1.82) is 0 Å². The first-order chi connectivity index (χ1) is 32.8. The van der Waals surface area contributed by atoms with Crippen molar-refractivity contribution < 1.29 is 52.6 Å². The van der Waals surface area contributed by atoms with Crippen LogP contribution in [0, 0.1) is 35.5 Å². The molecule has 68 heavy (non-hydrogen) atoms. The van der Waals surface area contributed by atoms with Gasteiger partial charge in [0.1, 0.15) is 23.7 Å². The van der Waals surface area contributed by atoms with Crippen molar-refractivity contribution >= 4 is 60.1 Å². The molecule has 1 amide bonds. The van der Waals surface area contributed by atoms with Crippen molar-refractivity contribution in [2.45, 2.75) is 95.2 Å². The third-order valence-electron chi connectivity index (χ3n) is 12.0. The van der Waals surface area contributed by atoms with Gasteiger partial charge in [-0.05, 0) is 67.1 Å². The Morgan fingerprint density at radius 1 is 1.16 bits per heavy atom. The molecule has 2 saturated heterocycles. The predicted octanol–water partition coefficient (Wildman–Crippen LogP) is 5.01. The largest absolute Gasteiger partial charge is 0.493 e. The highest BCUT2D eigenvalue weighted by molar-refractivity contribution is 8.28. The average molecular weight is 970 g/mol. The van der Waals surface area contributed by atoms with Crippen molar-refractivity contribution in [3.63, 3.8) is 0 Å². The Hall–Kier alpha value is -5.48. The van der Waals surface area contributed by atoms with E-state index in [0.29, 0.717) is 29.0 Å². The lowest BCUT2D eigenvalue weighted by atomic mass is 9.83. The number of aliphatic hydroxyl groups is 1. The van der Waals surface area contributed by atoms with Crippen molar-refractivity contribution in [2.75, 3.05) is 46.0 Å². The number of rotatable bonds is 16. The van der Waals surface area contributed by atoms with Crippen molar-refractivity contribution in [3.8, 4) is 29.4 Å². The number of carbonyl (C=O) groups excluding carboxylic acids is 3. The fraction of sp³-hybridized carbons (Fsp3) is 0.500. The number of amides is 1. The number of nitrogens with zero attached hydrogens (tertiary/aromatic N) is 4. The lowest BCUT2D eigenvalue weighted by Gasteiger charge is -2.43. The van der Waals surface area contributed by atoms with Crippen molar-refractivity contribution in [1.82, 2.24) is 20.6 Å². The minimum Gasteiger partial charge on any atom is -0.493 e. The molecule has 7 rings (SSSR count). The minimum absolute atomic E-state index is 0.0953. The Labute approximate surface area is 401 Å². The fourth-order valence-electron chi connectivity index (χ4n) is 8.87. The van der Waals surface area contributed by atoms with Gasteiger partial charge in [-0.2, -0.15) is 0 Å². The monoisotopic (exact) mass is 969 g/mol. The molecule has 0 saturated carbocycles. The van der Waals surface area contributed by atoms with Crippen LogP contribution in [-0.4, -0.2) is 134 Å². The van der Waals surface area contributed by atoms with Gasteiger partial charge in [-0.1, -0.05) is 59.9 Å². The quantitative estimate of drug-likeness (QED) is 0.0281. The number of Topliss-reactive ketones (excluding diaryl/α,β-unsaturated/α-hetero) is 2. The van der Waals surface area contributed by atoms with Gasteiger partial charge in [0, 0.05) is 64.7 Å². The van der Waals surface area contributed by atoms with E-state index in [1.54, 1.807) is 32.4 Å². The molecule has 4 heterocycles. The number of aromatic nitrogens is 2. The van der Waals surface area contributed by atoms with E-state index in [-0.39, 0.29) is 73.5 Å². The number of pyridine rings is 1. The summed E-state index contributed by atoms with van der Waals surface area (Å²) >= 11 is 5.54. The second-order valence-corrected chi connectivity index (χ2v) is 20.1. The van der Waals surface area contributed by atoms with Gasteiger partial charge in [0.2, 0.25) is 0 Å². The molecule has 2 aliphatic carbocycles. The van der Waals surface area contributed by atoms with Crippen molar-refractivity contribution in [2.24, 2.45) is 17.0 Å². The molecule has 4 aliphatic rings. The predicted molar refractivity (Wildman–Crippen MR) is 257 cm³/mol. The molecule has 18 nitrogen and oxygen atoms in total. The number of aromatic amines is 1. The molecular formula is C48H55N7O11S2. The maximum atomic E-state index is 14.9. The molecular weight excluding hydrogens is 915 g/mol. The van der Waals surface area contributed by atoms with E-state index in [9.17, 15) is 19.5 Å². The van der Waals surface area contributed by atoms with Crippen LogP contribution in [0.1, 0.15) is 50.5 Å². The Bertz CT molecular complexity index is 2690. The number of fused-ring (bicyclic) bond motifs is 4. The molecule has 0 radical (unpaired) electrons. The molecule has 20 heteroatoms. The highest BCUT2D eigenvalue weighted by Gasteiger charge is 2.47. The summed E-state index contributed by atoms with van der Waals surface area (Å²) in [6.45, 7) is 6.51. The molecule has 0 bridgehead atoms. The fourth-order valence-corrected chi connectivity index (χ4v) is 9.50. The number of hydrogen-bond acceptors (Lipinski definition) is 15. The first-order valence-electron chi connectivity index (χ1n) is 22.2. The Morgan fingerprint density at radius 3 is 2.72 bits per heavy atom. The van der Waals surface area contributed by atoms with E-state index < -0.39 is 70.2 Å². The van der Waals surface area contributed by atoms with Gasteiger partial charge in [0.05, 0.1) is 74.3 Å². The standard InChI is InChI=1S/C48H55N7O11S2/c1-26(2)52-35-25-63-41(24-39(35)60-4)65-40-22-32(46(58)45-44-29(15-17-50-45)33-21-28(13-14-34(33)53-44)62-19-18-51-55-49)27(3)64-47(40)66-38-12-10-8-7-9-11-31-42(38)30(16-20-68(6)67)36(56)23-37(57)43(31)54-48(59)61-5/h7-8,13-17,21,26-27,32,35-36,38-42,47,52-53,56H,18-20,22-25H2,1-6H3,(H,54,59)/b8-7-,30-16-/t27?,32?,35?,36-,38-,39?,40?,41?,42?,47?,68?/m0/s1. The molecule has 1 aromatic carbocycles. The number of methoxy groups -OCH3 is 2. The molecule has 11 atom stereocenters. The molecule has 4 N–H and O–H groups in total. The van der Waals surface area contributed by atoms with Gasteiger partial charge in [-0.3, -0.25) is 19.9 Å². The van der Waals surface area contributed by atoms with Gasteiger partial charge in [0.25, 0.3) is 0 Å². The second-order valence-electron chi connectivity index (χ2n) is 16.9. The first-order valence-corrected chi connectivity index (χ1v) is 25.0. The molecule has 360 valence electrons. The zero-order valence-electron chi connectivity index (χ0n) is 38.6. The smallest absolute Gasteiger partial charge is 0.411 e. The lowest BCUT2D eigenvalue weighted by Crippen LogP contribution is -2.55. The summed E-state index contributed by atoms with van der Waals surface area (Å²) in [6, 6.07) is 7.37. The summed E-state index contributed by atoms with van der Waals surface area (Å²) in [5.41, 5.74) is 10.5. The minimum atomic E-state index is -1.32. The number of ketones is 2. The number of alkyl carbamates (subject to hydrolysis) is 1. The van der Waals surface area contributed by atoms with Gasteiger partial charge in [0.15, 0.2) is 24.1 Å². The highest BCUT2D eigenvalue weighted by Crippen LogP contribution is 2.40. The Morgan fingerprint density at radius 2 is 1.97 bits per heavy atom. The van der Waals surface area contributed by atoms with Crippen LogP contribution in [0.2, 0.25) is 0 Å². The Balaban J connectivity index is 1.26. The molecule has 9 unspecified atom stereocenters. The highest BCUT2D eigenvalue weighted by atomic mass is 32.8. The van der Waals surface area contributed by atoms with Gasteiger partial charge < -0.3 is 48.6 Å². The van der Waals surface area contributed by atoms with Gasteiger partial charge >= 0.3 is 6.09 Å². The summed E-state index contributed by atoms with van der Waals surface area (Å²) in [5, 5.41) is 22.9. The summed E-state index contributed by atoms with van der Waals surface area (Å²) in [5.74, 6) is 10.4. The Kier molecular flexibility index (Phi) is 17.2. The maximum Gasteiger partial charge on any atom is 0.411 e. The summed E-state index contributed by atoms with van der Waals surface area (Å²) in [4.78, 5) is 52.2. The summed E-state index contributed by atoms with van der Waals surface area (Å²) < 4.78 is 43.4. The third kappa shape index (κ3) is 11.8. The summed E-state index contributed by atoms with van der Waals surface area (Å²) in [6.07, 6.45) is 0.949. The van der Waals surface area contributed by atoms with Crippen LogP contribution < -0.4 is 15.4 Å². The number of carbonyl (C=O) groups is 3. The van der Waals surface area contributed by atoms with E-state index >= 15 is 0 Å². The van der Waals surface area contributed by atoms with E-state index in [0.717, 1.165) is 16.3 Å². The normalized spacial score (nSPS) is 28.6. The number of aliphatic hydroxyl groups excluding tert-OH is 1. The average Bonchev–Trinajstić information content (AvgIpc) is 3.69. The molecule has 0 spiro atoms. The number of benzene rings is 1.